The molecule has 6 nitrogen and oxygen atoms in total. The summed E-state index contributed by atoms with van der Waals surface area (Å²) in [4.78, 5) is 24.8. The Morgan fingerprint density at radius 3 is 1.90 bits per heavy atom. The highest BCUT2D eigenvalue weighted by Crippen LogP contribution is 2.04. The molecule has 21 heavy (non-hydrogen) atoms. The van der Waals surface area contributed by atoms with Crippen LogP contribution >= 0.6 is 12.4 Å². The highest BCUT2D eigenvalue weighted by Gasteiger charge is 2.06. The van der Waals surface area contributed by atoms with Gasteiger partial charge in [0.05, 0.1) is 11.1 Å². The van der Waals surface area contributed by atoms with E-state index in [4.69, 9.17) is 10.2 Å². The Morgan fingerprint density at radius 1 is 1.00 bits per heavy atom. The van der Waals surface area contributed by atoms with Crippen molar-refractivity contribution in [3.8, 4) is 0 Å². The van der Waals surface area contributed by atoms with Crippen molar-refractivity contribution in [3.05, 3.63) is 59.8 Å². The first-order chi connectivity index (χ1) is 9.54. The number of nitrogens with zero attached hydrogens (tertiary/aromatic N) is 1. The number of nitrogens with one attached hydrogen (secondary N) is 1. The predicted molar refractivity (Wildman–Crippen MR) is 81.4 cm³/mol. The molecule has 0 bridgehead atoms. The predicted octanol–water partition coefficient (Wildman–Crippen LogP) is 2.63. The smallest absolute Gasteiger partial charge is 0.335 e. The normalized spacial score (nSPS) is 8.62. The summed E-state index contributed by atoms with van der Waals surface area (Å²) in [6, 6.07) is 10.9. The van der Waals surface area contributed by atoms with Crippen LogP contribution in [0.2, 0.25) is 0 Å². The number of aromatic nitrogens is 1. The second-order valence-corrected chi connectivity index (χ2v) is 3.66. The molecule has 0 radical (unpaired) electrons. The molecule has 1 heterocycles. The molecule has 3 N–H and O–H groups in total. The van der Waals surface area contributed by atoms with Crippen LogP contribution in [-0.4, -0.2) is 34.2 Å². The van der Waals surface area contributed by atoms with Crippen LogP contribution in [0.15, 0.2) is 48.7 Å². The minimum absolute atomic E-state index is 0. The summed E-state index contributed by atoms with van der Waals surface area (Å²) < 4.78 is 0. The Hall–Kier alpha value is -2.60. The standard InChI is InChI=1S/C8H6O4.C6H8N2.ClH/c9-7(10)5-2-1-3-6(4-5)8(11)12;1-7-6-4-2-3-5-8-6;/h1-4H,(H,9,10)(H,11,12);2-5H,1H3,(H,7,8);1H. The van der Waals surface area contributed by atoms with Gasteiger partial charge in [-0.2, -0.15) is 0 Å². The van der Waals surface area contributed by atoms with Crippen LogP contribution in [0, 0.1) is 0 Å². The van der Waals surface area contributed by atoms with Crippen molar-refractivity contribution >= 4 is 30.2 Å². The molecule has 0 unspecified atom stereocenters. The number of rotatable bonds is 3. The number of aromatic carboxylic acids is 2. The number of anilines is 1. The molecular weight excluding hydrogens is 296 g/mol. The quantitative estimate of drug-likeness (QED) is 0.806. The number of hydrogen-bond donors (Lipinski definition) is 3. The first-order valence-electron chi connectivity index (χ1n) is 5.70. The summed E-state index contributed by atoms with van der Waals surface area (Å²) in [7, 11) is 1.85. The second-order valence-electron chi connectivity index (χ2n) is 3.66. The van der Waals surface area contributed by atoms with Crippen molar-refractivity contribution < 1.29 is 19.8 Å². The maximum absolute atomic E-state index is 10.4. The van der Waals surface area contributed by atoms with Gasteiger partial charge in [0.1, 0.15) is 5.82 Å². The lowest BCUT2D eigenvalue weighted by Crippen LogP contribution is -2.01. The number of benzene rings is 1. The van der Waals surface area contributed by atoms with E-state index in [9.17, 15) is 9.59 Å². The number of carboxylic acid groups (broad SMARTS) is 2. The number of pyridine rings is 1. The molecule has 0 fully saturated rings. The van der Waals surface area contributed by atoms with Gasteiger partial charge in [0.15, 0.2) is 0 Å². The molecule has 1 aromatic carbocycles. The van der Waals surface area contributed by atoms with E-state index in [0.717, 1.165) is 11.9 Å². The second kappa shape index (κ2) is 9.33. The summed E-state index contributed by atoms with van der Waals surface area (Å²) in [5, 5.41) is 19.9. The fourth-order valence-electron chi connectivity index (χ4n) is 1.30. The van der Waals surface area contributed by atoms with E-state index >= 15 is 0 Å². The average Bonchev–Trinajstić information content (AvgIpc) is 2.49. The van der Waals surface area contributed by atoms with Crippen LogP contribution < -0.4 is 5.32 Å². The van der Waals surface area contributed by atoms with Crippen LogP contribution in [0.1, 0.15) is 20.7 Å². The van der Waals surface area contributed by atoms with E-state index < -0.39 is 11.9 Å². The third-order valence-corrected chi connectivity index (χ3v) is 2.28. The van der Waals surface area contributed by atoms with Crippen molar-refractivity contribution in [2.24, 2.45) is 0 Å². The Morgan fingerprint density at radius 2 is 1.57 bits per heavy atom. The third kappa shape index (κ3) is 6.40. The molecule has 0 saturated carbocycles. The topological polar surface area (TPSA) is 99.5 Å². The molecule has 0 amide bonds. The van der Waals surface area contributed by atoms with Crippen LogP contribution in [0.4, 0.5) is 5.82 Å². The van der Waals surface area contributed by atoms with Gasteiger partial charge in [-0.05, 0) is 30.3 Å². The van der Waals surface area contributed by atoms with E-state index in [1.54, 1.807) is 6.20 Å². The van der Waals surface area contributed by atoms with E-state index in [1.807, 2.05) is 25.2 Å². The number of carboxylic acids is 2. The molecule has 112 valence electrons. The van der Waals surface area contributed by atoms with Crippen molar-refractivity contribution in [3.63, 3.8) is 0 Å². The molecule has 0 aliphatic heterocycles. The van der Waals surface area contributed by atoms with Gasteiger partial charge >= 0.3 is 11.9 Å². The van der Waals surface area contributed by atoms with Crippen LogP contribution in [0.5, 0.6) is 0 Å². The fraction of sp³-hybridized carbons (Fsp3) is 0.0714. The molecule has 2 rings (SSSR count). The lowest BCUT2D eigenvalue weighted by molar-refractivity contribution is 0.0696. The fourth-order valence-corrected chi connectivity index (χ4v) is 1.30. The zero-order valence-corrected chi connectivity index (χ0v) is 12.0. The van der Waals surface area contributed by atoms with Gasteiger partial charge in [-0.1, -0.05) is 12.1 Å². The Labute approximate surface area is 127 Å². The maximum Gasteiger partial charge on any atom is 0.335 e. The van der Waals surface area contributed by atoms with Crippen LogP contribution in [0.25, 0.3) is 0 Å². The summed E-state index contributed by atoms with van der Waals surface area (Å²) >= 11 is 0. The molecule has 2 aromatic rings. The molecule has 0 aliphatic carbocycles. The minimum Gasteiger partial charge on any atom is -0.478 e. The molecule has 0 saturated heterocycles. The summed E-state index contributed by atoms with van der Waals surface area (Å²) in [6.45, 7) is 0. The average molecular weight is 311 g/mol. The van der Waals surface area contributed by atoms with E-state index in [-0.39, 0.29) is 23.5 Å². The summed E-state index contributed by atoms with van der Waals surface area (Å²) in [6.07, 6.45) is 1.76. The molecule has 7 heteroatoms. The largest absolute Gasteiger partial charge is 0.478 e. The number of carbonyl (C=O) groups is 2. The molecular formula is C14H15ClN2O4. The maximum atomic E-state index is 10.4. The SMILES string of the molecule is CNc1ccccn1.Cl.O=C(O)c1cccc(C(=O)O)c1. The first-order valence-corrected chi connectivity index (χ1v) is 5.70. The summed E-state index contributed by atoms with van der Waals surface area (Å²) in [5.41, 5.74) is -0.0372. The van der Waals surface area contributed by atoms with E-state index in [2.05, 4.69) is 10.3 Å². The Balaban J connectivity index is 0.000000390. The molecule has 0 atom stereocenters. The lowest BCUT2D eigenvalue weighted by atomic mass is 10.1. The van der Waals surface area contributed by atoms with Crippen LogP contribution in [-0.2, 0) is 0 Å². The highest BCUT2D eigenvalue weighted by molar-refractivity contribution is 5.93. The van der Waals surface area contributed by atoms with Crippen LogP contribution in [0.3, 0.4) is 0 Å². The van der Waals surface area contributed by atoms with Gasteiger partial charge in [-0.15, -0.1) is 12.4 Å². The van der Waals surface area contributed by atoms with Gasteiger partial charge in [0.25, 0.3) is 0 Å². The monoisotopic (exact) mass is 310 g/mol. The number of halogens is 1. The Bertz CT molecular complexity index is 561. The third-order valence-electron chi connectivity index (χ3n) is 2.28. The van der Waals surface area contributed by atoms with Gasteiger partial charge in [0.2, 0.25) is 0 Å². The lowest BCUT2D eigenvalue weighted by Gasteiger charge is -1.95. The van der Waals surface area contributed by atoms with E-state index in [0.29, 0.717) is 0 Å². The van der Waals surface area contributed by atoms with Crippen molar-refractivity contribution in [1.29, 1.82) is 0 Å². The molecule has 0 spiro atoms. The minimum atomic E-state index is -1.13. The zero-order valence-electron chi connectivity index (χ0n) is 11.2. The zero-order chi connectivity index (χ0) is 15.0. The Kier molecular flexibility index (Phi) is 8.17. The van der Waals surface area contributed by atoms with Gasteiger partial charge in [-0.25, -0.2) is 14.6 Å². The molecule has 0 aliphatic rings. The highest BCUT2D eigenvalue weighted by atomic mass is 35.5. The van der Waals surface area contributed by atoms with Gasteiger partial charge < -0.3 is 15.5 Å². The van der Waals surface area contributed by atoms with Crippen molar-refractivity contribution in [2.75, 3.05) is 12.4 Å². The summed E-state index contributed by atoms with van der Waals surface area (Å²) in [5.74, 6) is -1.34. The van der Waals surface area contributed by atoms with Crippen molar-refractivity contribution in [2.45, 2.75) is 0 Å². The van der Waals surface area contributed by atoms with Gasteiger partial charge in [0, 0.05) is 13.2 Å². The molecule has 1 aromatic heterocycles. The van der Waals surface area contributed by atoms with Gasteiger partial charge in [-0.3, -0.25) is 0 Å². The van der Waals surface area contributed by atoms with E-state index in [1.165, 1.54) is 18.2 Å². The first kappa shape index (κ1) is 18.4. The number of hydrogen-bond acceptors (Lipinski definition) is 4. The van der Waals surface area contributed by atoms with Crippen molar-refractivity contribution in [1.82, 2.24) is 4.98 Å².